The molecule has 0 bridgehead atoms. The van der Waals surface area contributed by atoms with Crippen molar-refractivity contribution < 1.29 is 0 Å². The molecule has 3 atom stereocenters. The minimum atomic E-state index is 0.722. The van der Waals surface area contributed by atoms with Crippen molar-refractivity contribution in [2.24, 2.45) is 24.8 Å². The molecule has 0 aromatic carbocycles. The molecule has 3 nitrogen and oxygen atoms in total. The number of aryl methyl sites for hydroxylation is 2. The summed E-state index contributed by atoms with van der Waals surface area (Å²) in [6.45, 7) is 0. The van der Waals surface area contributed by atoms with E-state index in [0.29, 0.717) is 0 Å². The maximum atomic E-state index is 4.23. The lowest BCUT2D eigenvalue weighted by Crippen LogP contribution is -2.30. The van der Waals surface area contributed by atoms with Crippen LogP contribution >= 0.6 is 0 Å². The van der Waals surface area contributed by atoms with Gasteiger partial charge in [-0.3, -0.25) is 4.68 Å². The summed E-state index contributed by atoms with van der Waals surface area (Å²) in [5.41, 5.74) is 1.36. The van der Waals surface area contributed by atoms with E-state index in [-0.39, 0.29) is 0 Å². The fourth-order valence-corrected chi connectivity index (χ4v) is 3.95. The minimum absolute atomic E-state index is 0.722. The van der Waals surface area contributed by atoms with Crippen molar-refractivity contribution in [3.05, 3.63) is 18.0 Å². The van der Waals surface area contributed by atoms with E-state index in [1.807, 2.05) is 17.9 Å². The topological polar surface area (TPSA) is 29.9 Å². The molecule has 0 radical (unpaired) electrons. The average molecular weight is 233 g/mol. The number of rotatable bonds is 5. The number of nitrogens with one attached hydrogen (secondary N) is 1. The predicted octanol–water partition coefficient (Wildman–Crippen LogP) is 1.99. The fourth-order valence-electron chi connectivity index (χ4n) is 3.95. The van der Waals surface area contributed by atoms with E-state index in [0.717, 1.165) is 30.2 Å². The summed E-state index contributed by atoms with van der Waals surface area (Å²) in [5.74, 6) is 3.08. The number of fused-ring (bicyclic) bond motifs is 1. The van der Waals surface area contributed by atoms with E-state index in [1.165, 1.54) is 31.4 Å². The molecule has 2 saturated carbocycles. The first kappa shape index (κ1) is 11.3. The van der Waals surface area contributed by atoms with Crippen LogP contribution in [0.25, 0.3) is 0 Å². The van der Waals surface area contributed by atoms with Gasteiger partial charge in [0.05, 0.1) is 0 Å². The van der Waals surface area contributed by atoms with Crippen LogP contribution in [0.5, 0.6) is 0 Å². The predicted molar refractivity (Wildman–Crippen MR) is 68.7 cm³/mol. The zero-order chi connectivity index (χ0) is 11.8. The Bertz CT molecular complexity index is 375. The molecule has 2 aliphatic rings. The molecule has 2 fully saturated rings. The lowest BCUT2D eigenvalue weighted by molar-refractivity contribution is 0.405. The van der Waals surface area contributed by atoms with Gasteiger partial charge in [-0.1, -0.05) is 6.42 Å². The summed E-state index contributed by atoms with van der Waals surface area (Å²) < 4.78 is 2.00. The van der Waals surface area contributed by atoms with Gasteiger partial charge in [0.2, 0.25) is 0 Å². The van der Waals surface area contributed by atoms with Gasteiger partial charge in [-0.15, -0.1) is 0 Å². The number of nitrogens with zero attached hydrogens (tertiary/aromatic N) is 2. The van der Waals surface area contributed by atoms with Gasteiger partial charge in [-0.2, -0.15) is 5.10 Å². The highest BCUT2D eigenvalue weighted by atomic mass is 15.2. The van der Waals surface area contributed by atoms with Crippen molar-refractivity contribution in [1.82, 2.24) is 15.1 Å². The summed E-state index contributed by atoms with van der Waals surface area (Å²) in [4.78, 5) is 0. The molecule has 17 heavy (non-hydrogen) atoms. The van der Waals surface area contributed by atoms with Gasteiger partial charge in [0, 0.05) is 25.0 Å². The van der Waals surface area contributed by atoms with Gasteiger partial charge in [-0.05, 0) is 56.6 Å². The maximum Gasteiger partial charge on any atom is 0.0492 e. The van der Waals surface area contributed by atoms with Crippen LogP contribution < -0.4 is 5.32 Å². The van der Waals surface area contributed by atoms with Gasteiger partial charge in [0.1, 0.15) is 0 Å². The monoisotopic (exact) mass is 233 g/mol. The van der Waals surface area contributed by atoms with E-state index in [9.17, 15) is 0 Å². The van der Waals surface area contributed by atoms with E-state index in [1.54, 1.807) is 0 Å². The van der Waals surface area contributed by atoms with Crippen molar-refractivity contribution in [2.75, 3.05) is 7.05 Å². The first-order valence-electron chi connectivity index (χ1n) is 6.95. The lowest BCUT2D eigenvalue weighted by atomic mass is 9.99. The Morgan fingerprint density at radius 1 is 1.47 bits per heavy atom. The summed E-state index contributed by atoms with van der Waals surface area (Å²) in [6, 6.07) is 2.86. The number of hydrogen-bond donors (Lipinski definition) is 1. The van der Waals surface area contributed by atoms with E-state index >= 15 is 0 Å². The number of aromatic nitrogens is 2. The highest BCUT2D eigenvalue weighted by molar-refractivity contribution is 5.07. The smallest absolute Gasteiger partial charge is 0.0492 e. The van der Waals surface area contributed by atoms with Gasteiger partial charge in [-0.25, -0.2) is 0 Å². The van der Waals surface area contributed by atoms with Crippen LogP contribution in [-0.2, 0) is 13.5 Å². The molecule has 3 unspecified atom stereocenters. The Labute approximate surface area is 104 Å². The Hall–Kier alpha value is -0.830. The van der Waals surface area contributed by atoms with Crippen molar-refractivity contribution >= 4 is 0 Å². The third-order valence-electron chi connectivity index (χ3n) is 4.94. The molecule has 0 saturated heterocycles. The largest absolute Gasteiger partial charge is 0.317 e. The lowest BCUT2D eigenvalue weighted by Gasteiger charge is -2.18. The Morgan fingerprint density at radius 3 is 2.82 bits per heavy atom. The first-order valence-corrected chi connectivity index (χ1v) is 6.95. The van der Waals surface area contributed by atoms with E-state index in [4.69, 9.17) is 0 Å². The Balaban J connectivity index is 1.55. The molecule has 3 rings (SSSR count). The standard InChI is InChI=1S/C14H23N3/c1-15-13(14-11-4-3-5-12(11)14)7-6-10-8-9-16-17(10)2/h8-9,11-15H,3-7H2,1-2H3. The minimum Gasteiger partial charge on any atom is -0.317 e. The number of hydrogen-bond acceptors (Lipinski definition) is 2. The normalized spacial score (nSPS) is 32.5. The van der Waals surface area contributed by atoms with Crippen LogP contribution in [0.2, 0.25) is 0 Å². The second-order valence-corrected chi connectivity index (χ2v) is 5.72. The van der Waals surface area contributed by atoms with E-state index < -0.39 is 0 Å². The van der Waals surface area contributed by atoms with E-state index in [2.05, 4.69) is 23.5 Å². The van der Waals surface area contributed by atoms with Gasteiger partial charge < -0.3 is 5.32 Å². The summed E-state index contributed by atoms with van der Waals surface area (Å²) in [6.07, 6.45) is 8.75. The molecule has 1 N–H and O–H groups in total. The zero-order valence-corrected chi connectivity index (χ0v) is 10.9. The molecule has 2 aliphatic carbocycles. The molecule has 0 amide bonds. The van der Waals surface area contributed by atoms with Gasteiger partial charge >= 0.3 is 0 Å². The summed E-state index contributed by atoms with van der Waals surface area (Å²) in [5, 5.41) is 7.78. The molecular weight excluding hydrogens is 210 g/mol. The van der Waals surface area contributed by atoms with Crippen LogP contribution in [0.4, 0.5) is 0 Å². The van der Waals surface area contributed by atoms with Gasteiger partial charge in [0.25, 0.3) is 0 Å². The first-order chi connectivity index (χ1) is 8.31. The van der Waals surface area contributed by atoms with Gasteiger partial charge in [0.15, 0.2) is 0 Å². The van der Waals surface area contributed by atoms with Crippen molar-refractivity contribution in [1.29, 1.82) is 0 Å². The van der Waals surface area contributed by atoms with Crippen molar-refractivity contribution in [3.8, 4) is 0 Å². The van der Waals surface area contributed by atoms with Crippen LogP contribution in [-0.4, -0.2) is 22.9 Å². The zero-order valence-electron chi connectivity index (χ0n) is 10.9. The maximum absolute atomic E-state index is 4.23. The highest BCUT2D eigenvalue weighted by Gasteiger charge is 2.55. The van der Waals surface area contributed by atoms with Crippen molar-refractivity contribution in [3.63, 3.8) is 0 Å². The second kappa shape index (κ2) is 4.45. The van der Waals surface area contributed by atoms with Crippen LogP contribution in [0.15, 0.2) is 12.3 Å². The molecule has 94 valence electrons. The van der Waals surface area contributed by atoms with Crippen molar-refractivity contribution in [2.45, 2.75) is 38.1 Å². The molecule has 3 heteroatoms. The summed E-state index contributed by atoms with van der Waals surface area (Å²) >= 11 is 0. The fraction of sp³-hybridized carbons (Fsp3) is 0.786. The van der Waals surface area contributed by atoms with Crippen LogP contribution in [0.1, 0.15) is 31.4 Å². The molecular formula is C14H23N3. The Kier molecular flexibility index (Phi) is 2.95. The van der Waals surface area contributed by atoms with Crippen LogP contribution in [0.3, 0.4) is 0 Å². The quantitative estimate of drug-likeness (QED) is 0.843. The summed E-state index contributed by atoms with van der Waals surface area (Å²) in [7, 11) is 4.16. The average Bonchev–Trinajstić information content (AvgIpc) is 2.70. The van der Waals surface area contributed by atoms with Crippen LogP contribution in [0, 0.1) is 17.8 Å². The highest BCUT2D eigenvalue weighted by Crippen LogP contribution is 2.59. The Morgan fingerprint density at radius 2 is 2.24 bits per heavy atom. The molecule has 0 aliphatic heterocycles. The molecule has 1 aromatic rings. The SMILES string of the molecule is CNC(CCc1ccnn1C)C1C2CCCC21. The molecule has 1 aromatic heterocycles. The molecule has 1 heterocycles. The second-order valence-electron chi connectivity index (χ2n) is 5.72. The third kappa shape index (κ3) is 2.01. The molecule has 0 spiro atoms. The third-order valence-corrected chi connectivity index (χ3v) is 4.94.